The van der Waals surface area contributed by atoms with Crippen molar-refractivity contribution in [2.75, 3.05) is 85.6 Å². The average Bonchev–Trinajstić information content (AvgIpc) is 1.20. The number of unbranched alkanes of at least 4 members (excludes halogenated alkanes) is 4. The highest BCUT2D eigenvalue weighted by Gasteiger charge is 2.47. The van der Waals surface area contributed by atoms with Crippen LogP contribution in [0.15, 0.2) is 0 Å². The number of nitrogens with zero attached hydrogens (tertiary/aromatic N) is 2. The first-order valence-electron chi connectivity index (χ1n) is 30.3. The molecule has 86 heavy (non-hydrogen) atoms. The number of hydrogen-bond acceptors (Lipinski definition) is 22. The topological polar surface area (TPSA) is 451 Å². The van der Waals surface area contributed by atoms with Gasteiger partial charge in [0.2, 0.25) is 29.5 Å². The van der Waals surface area contributed by atoms with E-state index in [4.69, 9.17) is 18.7 Å². The Bertz CT molecular complexity index is 2120. The molecule has 15 N–H and O–H groups in total. The molecule has 0 aliphatic heterocycles. The Kier molecular flexibility index (Phi) is 35.5. The van der Waals surface area contributed by atoms with Crippen molar-refractivity contribution in [2.45, 2.75) is 209 Å². The molecule has 0 bridgehead atoms. The molecule has 17 atom stereocenters. The van der Waals surface area contributed by atoms with Crippen molar-refractivity contribution in [2.24, 2.45) is 17.8 Å². The van der Waals surface area contributed by atoms with Crippen LogP contribution in [0.4, 0.5) is 0 Å². The second-order valence-electron chi connectivity index (χ2n) is 23.1. The number of nitrogens with one attached hydrogen (secondary N) is 4. The molecule has 0 spiro atoms. The zero-order valence-corrected chi connectivity index (χ0v) is 51.3. The van der Waals surface area contributed by atoms with Crippen LogP contribution in [0, 0.1) is 17.8 Å². The number of rotatable bonds is 41. The normalized spacial score (nSPS) is 28.6. The molecule has 3 aliphatic carbocycles. The van der Waals surface area contributed by atoms with Gasteiger partial charge in [-0.25, -0.2) is 0 Å². The van der Waals surface area contributed by atoms with E-state index in [1.807, 2.05) is 0 Å². The van der Waals surface area contributed by atoms with E-state index in [0.717, 1.165) is 6.66 Å². The Morgan fingerprint density at radius 1 is 0.512 bits per heavy atom. The molecule has 3 saturated carbocycles. The first-order valence-corrected chi connectivity index (χ1v) is 32.3. The third-order valence-electron chi connectivity index (χ3n) is 16.0. The van der Waals surface area contributed by atoms with Crippen molar-refractivity contribution in [3.8, 4) is 0 Å². The summed E-state index contributed by atoms with van der Waals surface area (Å²) in [5, 5.41) is 114. The van der Waals surface area contributed by atoms with Crippen LogP contribution in [0.3, 0.4) is 0 Å². The standard InChI is InChI=1S/C56H101N6O23P/c1-34(66)58-47-42(27-37(30-63)50(73)53(47)76)82-24-10-6-16-40(69)15-5-9-20-61(46(72)18-8-12-26-84-44-29-39(32-65)52(75)55(78)49(44)60-36(3)68)22-14-23-62(56(79)41(70)33-85-86(4,80)81)21-13-19-57-45(71)17-7-11-25-83-43-28-38(31-64)51(74)54(77)48(43)59-35(2)67/h37-39,41-44,47-55,63-65,70,73-78H,5-33H2,1-4H3,(H,57,71)(H,58,66)(H,59,67)(H,60,68)(H,80,81)/t37?,38?,39?,41?,42-,43-,44-,47-,48-,49-,50+,51+,52+,53?,54?,55?/m1/s1. The molecule has 0 saturated heterocycles. The summed E-state index contributed by atoms with van der Waals surface area (Å²) in [5.74, 6) is -4.66. The number of carbonyl (C=O) groups excluding carboxylic acids is 7. The molecule has 3 fully saturated rings. The molecule has 3 rings (SSSR count). The summed E-state index contributed by atoms with van der Waals surface area (Å²) in [6, 6.07) is -2.71. The molecule has 29 nitrogen and oxygen atoms in total. The molecular weight excluding hydrogens is 1160 g/mol. The van der Waals surface area contributed by atoms with Gasteiger partial charge in [0.15, 0.2) is 6.10 Å². The van der Waals surface area contributed by atoms with Gasteiger partial charge < -0.3 is 106 Å². The second-order valence-corrected chi connectivity index (χ2v) is 25.0. The summed E-state index contributed by atoms with van der Waals surface area (Å²) in [6.45, 7) is 3.78. The Morgan fingerprint density at radius 2 is 0.884 bits per heavy atom. The van der Waals surface area contributed by atoms with Crippen LogP contribution in [0.5, 0.6) is 0 Å². The van der Waals surface area contributed by atoms with Crippen molar-refractivity contribution in [3.05, 3.63) is 0 Å². The Morgan fingerprint density at radius 3 is 1.29 bits per heavy atom. The Hall–Kier alpha value is -3.88. The van der Waals surface area contributed by atoms with E-state index in [1.165, 1.54) is 25.7 Å². The molecule has 30 heteroatoms. The summed E-state index contributed by atoms with van der Waals surface area (Å²) in [6.07, 6.45) is -6.75. The van der Waals surface area contributed by atoms with E-state index < -0.39 is 148 Å². The largest absolute Gasteiger partial charge is 0.396 e. The number of hydrogen-bond donors (Lipinski definition) is 15. The van der Waals surface area contributed by atoms with Gasteiger partial charge in [0.1, 0.15) is 24.1 Å². The smallest absolute Gasteiger partial charge is 0.325 e. The number of ether oxygens (including phenoxy) is 3. The maximum absolute atomic E-state index is 13.9. The van der Waals surface area contributed by atoms with Gasteiger partial charge in [-0.3, -0.25) is 38.1 Å². The molecular formula is C56H101N6O23P. The summed E-state index contributed by atoms with van der Waals surface area (Å²) in [7, 11) is -4.08. The van der Waals surface area contributed by atoms with Gasteiger partial charge in [-0.2, -0.15) is 0 Å². The SMILES string of the molecule is CC(=O)N[C@H]1C(O)[C@@H](O)C(CO)C[C@H]1OCCCCC(=O)CCCCN(CCCN(CCCNC(=O)CCCCO[C@@H]1CC(CO)[C@H](O)C(O)[C@@H]1NC(C)=O)C(=O)C(O)COP(C)(=O)O)C(=O)CCCCO[C@@H]1CC(CO)[C@H](O)C(O)[C@@H]1NC(C)=O. The molecule has 498 valence electrons. The summed E-state index contributed by atoms with van der Waals surface area (Å²) < 4.78 is 34.6. The number of amides is 6. The first-order chi connectivity index (χ1) is 40.7. The zero-order chi connectivity index (χ0) is 64.1. The quantitative estimate of drug-likeness (QED) is 0.0212. The molecule has 8 unspecified atom stereocenters. The van der Waals surface area contributed by atoms with Gasteiger partial charge in [0.05, 0.1) is 61.4 Å². The van der Waals surface area contributed by atoms with E-state index in [0.29, 0.717) is 51.4 Å². The number of aliphatic hydroxyl groups is 10. The van der Waals surface area contributed by atoms with Gasteiger partial charge in [-0.15, -0.1) is 0 Å². The maximum Gasteiger partial charge on any atom is 0.325 e. The zero-order valence-electron chi connectivity index (χ0n) is 50.4. The molecule has 0 heterocycles. The molecule has 0 radical (unpaired) electrons. The fourth-order valence-corrected chi connectivity index (χ4v) is 11.6. The van der Waals surface area contributed by atoms with E-state index in [2.05, 4.69) is 21.3 Å². The third kappa shape index (κ3) is 27.1. The maximum atomic E-state index is 13.9. The van der Waals surface area contributed by atoms with Crippen molar-refractivity contribution in [1.29, 1.82) is 0 Å². The molecule has 0 aromatic rings. The second kappa shape index (κ2) is 40.0. The lowest BCUT2D eigenvalue weighted by molar-refractivity contribution is -0.143. The summed E-state index contributed by atoms with van der Waals surface area (Å²) in [5.41, 5.74) is 0. The number of Topliss-reactive ketones (excluding diaryl/α,β-unsaturated/α-hetero) is 1. The fourth-order valence-electron chi connectivity index (χ4n) is 11.2. The van der Waals surface area contributed by atoms with Crippen LogP contribution >= 0.6 is 7.60 Å². The van der Waals surface area contributed by atoms with E-state index >= 15 is 0 Å². The van der Waals surface area contributed by atoms with Crippen LogP contribution in [-0.2, 0) is 56.9 Å². The molecule has 6 amide bonds. The monoisotopic (exact) mass is 1260 g/mol. The minimum absolute atomic E-state index is 0.0107. The predicted molar refractivity (Wildman–Crippen MR) is 307 cm³/mol. The highest BCUT2D eigenvalue weighted by molar-refractivity contribution is 7.51. The van der Waals surface area contributed by atoms with E-state index in [-0.39, 0.29) is 135 Å². The van der Waals surface area contributed by atoms with E-state index in [9.17, 15) is 94.1 Å². The van der Waals surface area contributed by atoms with Gasteiger partial charge in [0.25, 0.3) is 5.91 Å². The molecule has 3 aliphatic rings. The van der Waals surface area contributed by atoms with Crippen LogP contribution in [0.2, 0.25) is 0 Å². The minimum atomic E-state index is -4.08. The van der Waals surface area contributed by atoms with Gasteiger partial charge in [-0.05, 0) is 83.5 Å². The highest BCUT2D eigenvalue weighted by atomic mass is 31.2. The third-order valence-corrected chi connectivity index (χ3v) is 16.6. The van der Waals surface area contributed by atoms with Crippen molar-refractivity contribution >= 4 is 48.8 Å². The van der Waals surface area contributed by atoms with Crippen LogP contribution in [0.1, 0.15) is 130 Å². The Labute approximate surface area is 503 Å². The Balaban J connectivity index is 1.59. The number of carbonyl (C=O) groups is 7. The van der Waals surface area contributed by atoms with Crippen LogP contribution < -0.4 is 21.3 Å². The lowest BCUT2D eigenvalue weighted by atomic mass is 9.79. The van der Waals surface area contributed by atoms with Crippen LogP contribution in [-0.4, -0.2) is 272 Å². The average molecular weight is 1260 g/mol. The lowest BCUT2D eigenvalue weighted by Gasteiger charge is -2.42. The first kappa shape index (κ1) is 76.4. The predicted octanol–water partition coefficient (Wildman–Crippen LogP) is -3.15. The van der Waals surface area contributed by atoms with Crippen LogP contribution in [0.25, 0.3) is 0 Å². The van der Waals surface area contributed by atoms with E-state index in [1.54, 1.807) is 4.90 Å². The van der Waals surface area contributed by atoms with Gasteiger partial charge >= 0.3 is 7.60 Å². The summed E-state index contributed by atoms with van der Waals surface area (Å²) >= 11 is 0. The summed E-state index contributed by atoms with van der Waals surface area (Å²) in [4.78, 5) is 101. The van der Waals surface area contributed by atoms with Crippen molar-refractivity contribution in [1.82, 2.24) is 31.1 Å². The number of aliphatic hydroxyl groups excluding tert-OH is 10. The number of ketones is 1. The van der Waals surface area contributed by atoms with Gasteiger partial charge in [-0.1, -0.05) is 0 Å². The highest BCUT2D eigenvalue weighted by Crippen LogP contribution is 2.36. The van der Waals surface area contributed by atoms with Gasteiger partial charge in [0, 0.05) is 143 Å². The lowest BCUT2D eigenvalue weighted by Crippen LogP contribution is -2.61. The molecule has 0 aromatic carbocycles. The van der Waals surface area contributed by atoms with Crippen molar-refractivity contribution in [3.63, 3.8) is 0 Å². The minimum Gasteiger partial charge on any atom is -0.396 e. The fraction of sp³-hybridized carbons (Fsp3) is 0.875. The van der Waals surface area contributed by atoms with Crippen molar-refractivity contribution < 1.29 is 113 Å². The molecule has 0 aromatic heterocycles.